The van der Waals surface area contributed by atoms with Crippen LogP contribution in [0, 0.1) is 43.2 Å². The molecule has 5 aromatic carbocycles. The summed E-state index contributed by atoms with van der Waals surface area (Å²) in [5.41, 5.74) is -5.25. The summed E-state index contributed by atoms with van der Waals surface area (Å²) in [5.74, 6) is -1.61. The fourth-order valence-electron chi connectivity index (χ4n) is 7.87. The number of nitriles is 1. The number of aryl methyl sites for hydroxylation is 8. The van der Waals surface area contributed by atoms with Crippen molar-refractivity contribution >= 4 is 21.9 Å². The summed E-state index contributed by atoms with van der Waals surface area (Å²) in [6.07, 6.45) is -16.1. The van der Waals surface area contributed by atoms with Gasteiger partial charge in [0.1, 0.15) is 5.58 Å². The first kappa shape index (κ1) is 26.0. The molecule has 0 spiro atoms. The molecule has 1 saturated carbocycles. The molecule has 4 aromatic heterocycles. The molecule has 0 saturated heterocycles. The molecule has 0 unspecified atom stereocenters. The van der Waals surface area contributed by atoms with E-state index >= 15 is 0 Å². The van der Waals surface area contributed by atoms with Gasteiger partial charge in [0.2, 0.25) is 0 Å². The van der Waals surface area contributed by atoms with Crippen LogP contribution in [0.1, 0.15) is 122 Å². The summed E-state index contributed by atoms with van der Waals surface area (Å²) in [6, 6.07) is 33.3. The molecule has 1 fully saturated rings. The van der Waals surface area contributed by atoms with E-state index in [-0.39, 0.29) is 90.0 Å². The van der Waals surface area contributed by atoms with Gasteiger partial charge in [0.25, 0.3) is 0 Å². The number of hydrogen-bond acceptors (Lipinski definition) is 5. The first-order valence-corrected chi connectivity index (χ1v) is 21.0. The zero-order valence-electron chi connectivity index (χ0n) is 56.1. The van der Waals surface area contributed by atoms with Crippen molar-refractivity contribution in [1.29, 1.82) is 5.26 Å². The number of furan rings is 1. The summed E-state index contributed by atoms with van der Waals surface area (Å²) in [4.78, 5) is 13.2. The molecule has 10 rings (SSSR count). The molecule has 5 nitrogen and oxygen atoms in total. The van der Waals surface area contributed by atoms with Gasteiger partial charge in [-0.25, -0.2) is 0 Å². The van der Waals surface area contributed by atoms with E-state index < -0.39 is 102 Å². The largest absolute Gasteiger partial charge is 3.00 e. The topological polar surface area (TPSA) is 75.6 Å². The fourth-order valence-corrected chi connectivity index (χ4v) is 7.87. The number of rotatable bonds is 13. The van der Waals surface area contributed by atoms with Crippen LogP contribution in [-0.2, 0) is 58.3 Å². The molecule has 6 heteroatoms. The fraction of sp³-hybridized carbons (Fsp3) is 0.233. The Kier molecular flexibility index (Phi) is 8.01. The quantitative estimate of drug-likeness (QED) is 0.108. The van der Waals surface area contributed by atoms with E-state index in [0.717, 1.165) is 49.3 Å². The van der Waals surface area contributed by atoms with Crippen LogP contribution in [0.2, 0.25) is 0 Å². The van der Waals surface area contributed by atoms with E-state index in [4.69, 9.17) is 15.4 Å². The summed E-state index contributed by atoms with van der Waals surface area (Å²) in [6.45, 7) is -6.24. The molecule has 4 heterocycles. The van der Waals surface area contributed by atoms with Gasteiger partial charge >= 0.3 is 20.1 Å². The van der Waals surface area contributed by atoms with Crippen LogP contribution < -0.4 is 0 Å². The standard InChI is InChI=1S/C60H51N4O.Ir/c1-40-29-56(47-15-8-4-9-16-47)62-37-49(40)25-21-42-31-43(22-26-50-38-63-57(30-41(50)2)48-17-10-5-11-18-48)33-44(32-42)23-27-51-39-64-58(35-55(51)46-13-6-3-7-14-46)54-20-12-19-53-52-28-24-45(36-61)34-59(52)65-60(53)54;/h4-5,8-12,15,17,19,24,28-35,37-39,46H,3,6-7,13-14,21-23,25-27H2,1-2H3;/q-3;+3/i1D3,2D3,21D2,22D2,23D2,24D,25D2,26D2,27D2,34D,46D;. The van der Waals surface area contributed by atoms with Crippen molar-refractivity contribution < 1.29 is 53.3 Å². The van der Waals surface area contributed by atoms with Crippen LogP contribution in [0.3, 0.4) is 0 Å². The minimum atomic E-state index is -3.56. The van der Waals surface area contributed by atoms with Gasteiger partial charge in [-0.2, -0.15) is 5.26 Å². The molecule has 0 atom stereocenters. The van der Waals surface area contributed by atoms with E-state index in [1.54, 1.807) is 54.6 Å². The normalized spacial score (nSPS) is 19.7. The van der Waals surface area contributed by atoms with Crippen molar-refractivity contribution in [3.05, 3.63) is 208 Å². The SMILES string of the molecule is [2H]c1cc2c(oc3c(-c4cc(C5([2H])CCCCC5)c(C([2H])([2H])C([2H])([2H])c5cc(C([2H])([2H])C([2H])([2H])c6cnc(-c7[c-]cccc7)cc6C([2H])([2H])[2H])cc(C([2H])([2H])C([2H])([2H])c6cnc(-c7[c-]cccc7)cc6C([2H])([2H])[2H])c5)cn4)[c-]ccc32)c([2H])c1C#N.[Ir+3]. The third-order valence-electron chi connectivity index (χ3n) is 11.1. The summed E-state index contributed by atoms with van der Waals surface area (Å²) in [7, 11) is 0. The van der Waals surface area contributed by atoms with Gasteiger partial charge in [0, 0.05) is 50.0 Å². The van der Waals surface area contributed by atoms with E-state index in [0.29, 0.717) is 40.8 Å². The molecule has 0 amide bonds. The summed E-state index contributed by atoms with van der Waals surface area (Å²) in [5, 5.41) is 10.5. The first-order valence-electron chi connectivity index (χ1n) is 31.5. The van der Waals surface area contributed by atoms with Gasteiger partial charge in [-0.1, -0.05) is 83.8 Å². The van der Waals surface area contributed by atoms with Gasteiger partial charge in [0.05, 0.1) is 20.0 Å². The van der Waals surface area contributed by atoms with Gasteiger partial charge < -0.3 is 19.4 Å². The Labute approximate surface area is 431 Å². The summed E-state index contributed by atoms with van der Waals surface area (Å²) >= 11 is 0. The van der Waals surface area contributed by atoms with Crippen LogP contribution >= 0.6 is 0 Å². The molecule has 0 bridgehead atoms. The molecule has 0 aliphatic heterocycles. The average molecular weight is 1060 g/mol. The maximum absolute atomic E-state index is 9.97. The second-order valence-corrected chi connectivity index (χ2v) is 15.5. The van der Waals surface area contributed by atoms with Crippen molar-refractivity contribution in [1.82, 2.24) is 15.0 Å². The average Bonchev–Trinajstić information content (AvgIpc) is 0.975. The van der Waals surface area contributed by atoms with Crippen molar-refractivity contribution in [2.75, 3.05) is 0 Å². The monoisotopic (exact) mass is 1060 g/mol. The third kappa shape index (κ3) is 9.85. The van der Waals surface area contributed by atoms with Crippen LogP contribution in [0.15, 0.2) is 138 Å². The Balaban J connectivity index is 0.00000902. The van der Waals surface area contributed by atoms with Crippen molar-refractivity contribution in [3.8, 4) is 39.8 Å². The maximum Gasteiger partial charge on any atom is 3.00 e. The van der Waals surface area contributed by atoms with Crippen molar-refractivity contribution in [2.45, 2.75) is 89.9 Å². The zero-order valence-corrected chi connectivity index (χ0v) is 37.5. The minimum absolute atomic E-state index is 0. The van der Waals surface area contributed by atoms with Crippen LogP contribution in [0.5, 0.6) is 0 Å². The minimum Gasteiger partial charge on any atom is -0.501 e. The van der Waals surface area contributed by atoms with Gasteiger partial charge in [-0.3, -0.25) is 0 Å². The van der Waals surface area contributed by atoms with Gasteiger partial charge in [0.15, 0.2) is 0 Å². The predicted molar refractivity (Wildman–Crippen MR) is 261 cm³/mol. The Morgan fingerprint density at radius 2 is 1.27 bits per heavy atom. The number of benzene rings is 5. The smallest absolute Gasteiger partial charge is 0.501 e. The Bertz CT molecular complexity index is 4010. The third-order valence-corrected chi connectivity index (χ3v) is 11.1. The number of aromatic nitrogens is 3. The van der Waals surface area contributed by atoms with Crippen molar-refractivity contribution in [3.63, 3.8) is 0 Å². The maximum atomic E-state index is 9.97. The zero-order chi connectivity index (χ0) is 62.5. The Morgan fingerprint density at radius 3 is 1.85 bits per heavy atom. The molecule has 326 valence electrons. The number of pyridine rings is 3. The molecular weight excluding hydrogens is 985 g/mol. The first-order chi connectivity index (χ1) is 40.1. The molecule has 9 aromatic rings. The second kappa shape index (κ2) is 20.3. The van der Waals surface area contributed by atoms with E-state index in [1.807, 2.05) is 6.07 Å². The Morgan fingerprint density at radius 1 is 0.682 bits per heavy atom. The molecular formula is C60H51IrN4O. The van der Waals surface area contributed by atoms with Crippen molar-refractivity contribution in [2.24, 2.45) is 0 Å². The molecule has 66 heavy (non-hydrogen) atoms. The number of nitrogens with zero attached hydrogens (tertiary/aromatic N) is 4. The van der Waals surface area contributed by atoms with Gasteiger partial charge in [-0.05, 0) is 139 Å². The predicted octanol–water partition coefficient (Wildman–Crippen LogP) is 14.1. The molecule has 1 aliphatic rings. The van der Waals surface area contributed by atoms with Crippen LogP contribution in [-0.4, -0.2) is 15.0 Å². The van der Waals surface area contributed by atoms with Crippen LogP contribution in [0.25, 0.3) is 55.7 Å². The van der Waals surface area contributed by atoms with Gasteiger partial charge in [-0.15, -0.1) is 90.0 Å². The molecule has 1 aliphatic carbocycles. The number of fused-ring (bicyclic) bond motifs is 3. The molecule has 0 N–H and O–H groups in total. The molecule has 0 radical (unpaired) electrons. The van der Waals surface area contributed by atoms with Crippen LogP contribution in [0.4, 0.5) is 0 Å². The number of hydrogen-bond donors (Lipinski definition) is 0. The van der Waals surface area contributed by atoms with E-state index in [1.165, 1.54) is 18.2 Å². The summed E-state index contributed by atoms with van der Waals surface area (Å²) < 4.78 is 201. The second-order valence-electron chi connectivity index (χ2n) is 15.5. The Hall–Kier alpha value is -6.51. The van der Waals surface area contributed by atoms with E-state index in [2.05, 4.69) is 33.2 Å². The van der Waals surface area contributed by atoms with E-state index in [9.17, 15) is 23.1 Å².